The Morgan fingerprint density at radius 1 is 1.67 bits per heavy atom. The largest absolute Gasteiger partial charge is 0.462 e. The molecule has 0 fully saturated rings. The molecule has 96 valence electrons. The van der Waals surface area contributed by atoms with Gasteiger partial charge >= 0.3 is 0 Å². The minimum absolute atomic E-state index is 0.146. The van der Waals surface area contributed by atoms with Gasteiger partial charge in [0.05, 0.1) is 24.5 Å². The van der Waals surface area contributed by atoms with E-state index in [0.717, 1.165) is 5.01 Å². The molecule has 2 rings (SSSR count). The molecular weight excluding hydrogens is 252 g/mol. The maximum absolute atomic E-state index is 11.5. The second kappa shape index (κ2) is 5.79. The molecule has 1 unspecified atom stereocenters. The molecule has 0 aliphatic carbocycles. The molecule has 18 heavy (non-hydrogen) atoms. The minimum Gasteiger partial charge on any atom is -0.462 e. The zero-order valence-electron chi connectivity index (χ0n) is 9.92. The Labute approximate surface area is 108 Å². The molecule has 2 aromatic rings. The summed E-state index contributed by atoms with van der Waals surface area (Å²) in [4.78, 5) is 15.9. The second-order valence-electron chi connectivity index (χ2n) is 3.95. The van der Waals surface area contributed by atoms with E-state index in [0.29, 0.717) is 11.5 Å². The maximum Gasteiger partial charge on any atom is 0.226 e. The first kappa shape index (κ1) is 12.8. The molecule has 2 heterocycles. The van der Waals surface area contributed by atoms with Crippen LogP contribution in [0, 0.1) is 0 Å². The molecule has 1 amide bonds. The van der Waals surface area contributed by atoms with Gasteiger partial charge in [-0.3, -0.25) is 4.79 Å². The van der Waals surface area contributed by atoms with Crippen LogP contribution in [0.2, 0.25) is 0 Å². The molecule has 5 nitrogen and oxygen atoms in total. The lowest BCUT2D eigenvalue weighted by molar-refractivity contribution is -0.120. The summed E-state index contributed by atoms with van der Waals surface area (Å²) in [5.74, 6) is 0.558. The Morgan fingerprint density at radius 3 is 3.17 bits per heavy atom. The van der Waals surface area contributed by atoms with Crippen LogP contribution in [0.3, 0.4) is 0 Å². The molecule has 0 aliphatic rings. The number of hydrogen-bond donors (Lipinski definition) is 2. The normalized spacial score (nSPS) is 12.3. The number of aliphatic hydroxyl groups is 1. The van der Waals surface area contributed by atoms with E-state index in [2.05, 4.69) is 10.3 Å². The minimum atomic E-state index is -0.539. The summed E-state index contributed by atoms with van der Waals surface area (Å²) in [6.07, 6.45) is 1.26. The van der Waals surface area contributed by atoms with E-state index >= 15 is 0 Å². The molecule has 6 heteroatoms. The van der Waals surface area contributed by atoms with Crippen LogP contribution in [0.25, 0.3) is 10.8 Å². The number of nitrogens with one attached hydrogen (secondary N) is 1. The predicted molar refractivity (Wildman–Crippen MR) is 68.2 cm³/mol. The third kappa shape index (κ3) is 3.41. The van der Waals surface area contributed by atoms with E-state index < -0.39 is 6.10 Å². The van der Waals surface area contributed by atoms with Gasteiger partial charge in [0.2, 0.25) is 5.91 Å². The highest BCUT2D eigenvalue weighted by Gasteiger charge is 2.10. The Hall–Kier alpha value is -1.66. The fourth-order valence-corrected chi connectivity index (χ4v) is 2.18. The van der Waals surface area contributed by atoms with Crippen molar-refractivity contribution in [3.05, 3.63) is 29.5 Å². The third-order valence-electron chi connectivity index (χ3n) is 2.22. The number of furan rings is 1. The fourth-order valence-electron chi connectivity index (χ4n) is 1.39. The summed E-state index contributed by atoms with van der Waals surface area (Å²) in [6.45, 7) is 1.88. The van der Waals surface area contributed by atoms with Crippen LogP contribution >= 0.6 is 11.3 Å². The third-order valence-corrected chi connectivity index (χ3v) is 3.13. The topological polar surface area (TPSA) is 75.4 Å². The number of thiazole rings is 1. The van der Waals surface area contributed by atoms with Crippen LogP contribution in [0.15, 0.2) is 28.2 Å². The van der Waals surface area contributed by atoms with Gasteiger partial charge in [-0.25, -0.2) is 4.98 Å². The lowest BCUT2D eigenvalue weighted by Crippen LogP contribution is -2.31. The van der Waals surface area contributed by atoms with Gasteiger partial charge in [0.25, 0.3) is 0 Å². The van der Waals surface area contributed by atoms with E-state index in [1.54, 1.807) is 19.3 Å². The van der Waals surface area contributed by atoms with Crippen LogP contribution in [0.4, 0.5) is 0 Å². The number of carbonyl (C=O) groups is 1. The zero-order valence-corrected chi connectivity index (χ0v) is 10.7. The van der Waals surface area contributed by atoms with Crippen LogP contribution < -0.4 is 5.32 Å². The number of hydrogen-bond acceptors (Lipinski definition) is 5. The van der Waals surface area contributed by atoms with Crippen molar-refractivity contribution in [2.45, 2.75) is 19.4 Å². The number of aliphatic hydroxyl groups excluding tert-OH is 1. The van der Waals surface area contributed by atoms with E-state index in [1.165, 1.54) is 11.3 Å². The molecule has 0 aromatic carbocycles. The summed E-state index contributed by atoms with van der Waals surface area (Å²) in [5, 5.41) is 14.3. The smallest absolute Gasteiger partial charge is 0.226 e. The van der Waals surface area contributed by atoms with Gasteiger partial charge in [-0.05, 0) is 19.1 Å². The maximum atomic E-state index is 11.5. The van der Waals surface area contributed by atoms with Crippen molar-refractivity contribution in [3.8, 4) is 10.8 Å². The SMILES string of the molecule is CC(O)CNC(=O)Cc1csc(-c2ccco2)n1. The van der Waals surface area contributed by atoms with Gasteiger partial charge < -0.3 is 14.8 Å². The number of aromatic nitrogens is 1. The number of nitrogens with zero attached hydrogens (tertiary/aromatic N) is 1. The van der Waals surface area contributed by atoms with Crippen LogP contribution in [0.5, 0.6) is 0 Å². The highest BCUT2D eigenvalue weighted by atomic mass is 32.1. The molecule has 0 saturated heterocycles. The van der Waals surface area contributed by atoms with Crippen molar-refractivity contribution in [2.24, 2.45) is 0 Å². The van der Waals surface area contributed by atoms with Gasteiger partial charge in [-0.1, -0.05) is 0 Å². The number of amides is 1. The monoisotopic (exact) mass is 266 g/mol. The lowest BCUT2D eigenvalue weighted by Gasteiger charge is -2.05. The van der Waals surface area contributed by atoms with E-state index in [1.807, 2.05) is 11.4 Å². The average Bonchev–Trinajstić information content (AvgIpc) is 2.95. The molecule has 0 saturated carbocycles. The summed E-state index contributed by atoms with van der Waals surface area (Å²) >= 11 is 1.44. The Kier molecular flexibility index (Phi) is 4.11. The first-order valence-electron chi connectivity index (χ1n) is 5.58. The molecule has 0 spiro atoms. The van der Waals surface area contributed by atoms with Crippen molar-refractivity contribution in [1.82, 2.24) is 10.3 Å². The highest BCUT2D eigenvalue weighted by Crippen LogP contribution is 2.23. The van der Waals surface area contributed by atoms with E-state index in [4.69, 9.17) is 9.52 Å². The van der Waals surface area contributed by atoms with Crippen molar-refractivity contribution >= 4 is 17.2 Å². The average molecular weight is 266 g/mol. The summed E-state index contributed by atoms with van der Waals surface area (Å²) in [7, 11) is 0. The Bertz CT molecular complexity index is 505. The van der Waals surface area contributed by atoms with Gasteiger partial charge in [-0.2, -0.15) is 0 Å². The molecule has 1 atom stereocenters. The molecule has 2 N–H and O–H groups in total. The Morgan fingerprint density at radius 2 is 2.50 bits per heavy atom. The van der Waals surface area contributed by atoms with Gasteiger partial charge in [0, 0.05) is 11.9 Å². The Balaban J connectivity index is 1.93. The zero-order chi connectivity index (χ0) is 13.0. The fraction of sp³-hybridized carbons (Fsp3) is 0.333. The summed E-state index contributed by atoms with van der Waals surface area (Å²) in [5.41, 5.74) is 0.703. The van der Waals surface area contributed by atoms with E-state index in [9.17, 15) is 4.79 Å². The van der Waals surface area contributed by atoms with Crippen molar-refractivity contribution in [3.63, 3.8) is 0 Å². The van der Waals surface area contributed by atoms with Crippen LogP contribution in [-0.4, -0.2) is 28.6 Å². The quantitative estimate of drug-likeness (QED) is 0.858. The molecule has 0 bridgehead atoms. The standard InChI is InChI=1S/C12H14N2O3S/c1-8(15)6-13-11(16)5-9-7-18-12(14-9)10-3-2-4-17-10/h2-4,7-8,15H,5-6H2,1H3,(H,13,16). The molecule has 2 aromatic heterocycles. The van der Waals surface area contributed by atoms with Crippen molar-refractivity contribution in [1.29, 1.82) is 0 Å². The highest BCUT2D eigenvalue weighted by molar-refractivity contribution is 7.13. The number of rotatable bonds is 5. The van der Waals surface area contributed by atoms with Crippen LogP contribution in [0.1, 0.15) is 12.6 Å². The van der Waals surface area contributed by atoms with Gasteiger partial charge in [0.1, 0.15) is 0 Å². The van der Waals surface area contributed by atoms with Crippen molar-refractivity contribution < 1.29 is 14.3 Å². The molecular formula is C12H14N2O3S. The summed E-state index contributed by atoms with van der Waals surface area (Å²) in [6, 6.07) is 3.63. The van der Waals surface area contributed by atoms with Crippen molar-refractivity contribution in [2.75, 3.05) is 6.54 Å². The first-order valence-corrected chi connectivity index (χ1v) is 6.46. The second-order valence-corrected chi connectivity index (χ2v) is 4.81. The van der Waals surface area contributed by atoms with Gasteiger partial charge in [0.15, 0.2) is 10.8 Å². The predicted octanol–water partition coefficient (Wildman–Crippen LogP) is 1.44. The van der Waals surface area contributed by atoms with Crippen LogP contribution in [-0.2, 0) is 11.2 Å². The van der Waals surface area contributed by atoms with Gasteiger partial charge in [-0.15, -0.1) is 11.3 Å². The first-order chi connectivity index (χ1) is 8.65. The van der Waals surface area contributed by atoms with E-state index in [-0.39, 0.29) is 18.9 Å². The molecule has 0 aliphatic heterocycles. The number of carbonyl (C=O) groups excluding carboxylic acids is 1. The summed E-state index contributed by atoms with van der Waals surface area (Å²) < 4.78 is 5.23. The lowest BCUT2D eigenvalue weighted by atomic mass is 10.3. The molecule has 0 radical (unpaired) electrons.